The zero-order chi connectivity index (χ0) is 11.3. The van der Waals surface area contributed by atoms with Gasteiger partial charge < -0.3 is 0 Å². The van der Waals surface area contributed by atoms with Crippen molar-refractivity contribution in [3.05, 3.63) is 47.5 Å². The summed E-state index contributed by atoms with van der Waals surface area (Å²) in [5, 5.41) is 0. The van der Waals surface area contributed by atoms with Crippen LogP contribution in [0.15, 0.2) is 36.4 Å². The van der Waals surface area contributed by atoms with Gasteiger partial charge in [-0.05, 0) is 70.3 Å². The van der Waals surface area contributed by atoms with Crippen LogP contribution in [0.1, 0.15) is 35.8 Å². The quantitative estimate of drug-likeness (QED) is 0.598. The van der Waals surface area contributed by atoms with Gasteiger partial charge in [-0.2, -0.15) is 0 Å². The lowest BCUT2D eigenvalue weighted by Gasteiger charge is -3.03. The van der Waals surface area contributed by atoms with Gasteiger partial charge in [-0.3, -0.25) is 0 Å². The van der Waals surface area contributed by atoms with E-state index in [1.807, 2.05) is 0 Å². The predicted octanol–water partition coefficient (Wildman–Crippen LogP) is 3.71. The summed E-state index contributed by atoms with van der Waals surface area (Å²) in [4.78, 5) is 0. The first-order valence-electron chi connectivity index (χ1n) is 7.67. The highest BCUT2D eigenvalue weighted by molar-refractivity contribution is 5.62. The number of allylic oxidation sites excluding steroid dienone is 2. The summed E-state index contributed by atoms with van der Waals surface area (Å²) in [6.07, 6.45) is 7.85. The van der Waals surface area contributed by atoms with E-state index < -0.39 is 0 Å². The van der Waals surface area contributed by atoms with Crippen LogP contribution in [0, 0.1) is 34.5 Å². The van der Waals surface area contributed by atoms with Crippen molar-refractivity contribution in [3.63, 3.8) is 0 Å². The van der Waals surface area contributed by atoms with Gasteiger partial charge in [0.15, 0.2) is 0 Å². The van der Waals surface area contributed by atoms with Crippen molar-refractivity contribution >= 4 is 0 Å². The van der Waals surface area contributed by atoms with Crippen molar-refractivity contribution in [1.29, 1.82) is 0 Å². The first-order valence-corrected chi connectivity index (χ1v) is 7.67. The molecule has 0 saturated heterocycles. The van der Waals surface area contributed by atoms with Crippen LogP contribution in [0.5, 0.6) is 0 Å². The second-order valence-corrected chi connectivity index (χ2v) is 7.75. The average Bonchev–Trinajstić information content (AvgIpc) is 2.40. The molecule has 1 aromatic carbocycles. The lowest BCUT2D eigenvalue weighted by Crippen LogP contribution is -2.98. The SMILES string of the molecule is C1=CC[C@]23[C@H]4[C@@H]5[C@H]6[C@H]4[C@@]2(C1)[C@H]6c1ccccc1[C@H]53. The molecule has 0 nitrogen and oxygen atoms in total. The van der Waals surface area contributed by atoms with Gasteiger partial charge in [0.1, 0.15) is 0 Å². The van der Waals surface area contributed by atoms with Crippen molar-refractivity contribution in [2.24, 2.45) is 34.5 Å². The lowest BCUT2D eigenvalue weighted by molar-refractivity contribution is -0.516. The maximum Gasteiger partial charge on any atom is -0.00566 e. The van der Waals surface area contributed by atoms with Gasteiger partial charge >= 0.3 is 0 Å². The minimum absolute atomic E-state index is 0.755. The lowest BCUT2D eigenvalue weighted by atomic mass is 9.00. The largest absolute Gasteiger partial charge is 0.0879 e. The molecule has 8 rings (SSSR count). The molecule has 4 saturated carbocycles. The molecular weight excluding hydrogens is 216 g/mol. The molecule has 0 heteroatoms. The monoisotopic (exact) mass is 232 g/mol. The molecule has 7 aliphatic rings. The molecule has 0 unspecified atom stereocenters. The number of benzene rings is 1. The van der Waals surface area contributed by atoms with E-state index in [0.29, 0.717) is 0 Å². The minimum Gasteiger partial charge on any atom is -0.0879 e. The van der Waals surface area contributed by atoms with Crippen LogP contribution >= 0.6 is 0 Å². The fraction of sp³-hybridized carbons (Fsp3) is 0.556. The summed E-state index contributed by atoms with van der Waals surface area (Å²) in [5.74, 6) is 6.46. The smallest absolute Gasteiger partial charge is 0.00566 e. The van der Waals surface area contributed by atoms with Crippen LogP contribution in [-0.2, 0) is 0 Å². The van der Waals surface area contributed by atoms with E-state index in [9.17, 15) is 0 Å². The summed E-state index contributed by atoms with van der Waals surface area (Å²) in [7, 11) is 0. The molecule has 0 heterocycles. The average molecular weight is 232 g/mol. The van der Waals surface area contributed by atoms with Gasteiger partial charge in [-0.1, -0.05) is 36.4 Å². The Bertz CT molecular complexity index is 613. The number of hydrogen-bond donors (Lipinski definition) is 0. The van der Waals surface area contributed by atoms with E-state index in [1.165, 1.54) is 12.8 Å². The maximum absolute atomic E-state index is 2.52. The van der Waals surface area contributed by atoms with E-state index in [2.05, 4.69) is 36.4 Å². The van der Waals surface area contributed by atoms with E-state index in [4.69, 9.17) is 0 Å². The molecule has 1 aromatic rings. The molecule has 0 amide bonds. The fourth-order valence-electron chi connectivity index (χ4n) is 8.48. The van der Waals surface area contributed by atoms with Crippen molar-refractivity contribution in [3.8, 4) is 0 Å². The van der Waals surface area contributed by atoms with Crippen molar-refractivity contribution in [2.45, 2.75) is 24.7 Å². The molecule has 2 spiro atoms. The van der Waals surface area contributed by atoms with Crippen LogP contribution < -0.4 is 0 Å². The summed E-state index contributed by atoms with van der Waals surface area (Å²) in [6, 6.07) is 9.48. The van der Waals surface area contributed by atoms with E-state index in [0.717, 1.165) is 46.3 Å². The van der Waals surface area contributed by atoms with Crippen molar-refractivity contribution in [2.75, 3.05) is 0 Å². The third-order valence-corrected chi connectivity index (χ3v) is 8.34. The summed E-state index contributed by atoms with van der Waals surface area (Å²) in [6.45, 7) is 0. The number of rotatable bonds is 0. The van der Waals surface area contributed by atoms with Crippen LogP contribution in [0.4, 0.5) is 0 Å². The molecule has 4 fully saturated rings. The molecule has 0 radical (unpaired) electrons. The highest BCUT2D eigenvalue weighted by atomic mass is 15.0. The highest BCUT2D eigenvalue weighted by Gasteiger charge is 3.00. The Kier molecular flexibility index (Phi) is 0.881. The Morgan fingerprint density at radius 3 is 1.78 bits per heavy atom. The summed E-state index contributed by atoms with van der Waals surface area (Å²) < 4.78 is 0. The van der Waals surface area contributed by atoms with Crippen molar-refractivity contribution < 1.29 is 0 Å². The molecule has 0 aliphatic heterocycles. The van der Waals surface area contributed by atoms with Crippen LogP contribution in [0.3, 0.4) is 0 Å². The molecule has 8 atom stereocenters. The maximum atomic E-state index is 2.52. The fourth-order valence-corrected chi connectivity index (χ4v) is 8.48. The van der Waals surface area contributed by atoms with Gasteiger partial charge in [0.25, 0.3) is 0 Å². The molecule has 0 N–H and O–H groups in total. The summed E-state index contributed by atoms with van der Waals surface area (Å²) in [5.41, 5.74) is 5.04. The van der Waals surface area contributed by atoms with Gasteiger partial charge in [0.05, 0.1) is 0 Å². The topological polar surface area (TPSA) is 0 Å². The van der Waals surface area contributed by atoms with Crippen LogP contribution in [0.2, 0.25) is 0 Å². The third kappa shape index (κ3) is 0.414. The molecular formula is C18H16. The Hall–Kier alpha value is -1.04. The number of hydrogen-bond acceptors (Lipinski definition) is 0. The molecule has 88 valence electrons. The zero-order valence-electron chi connectivity index (χ0n) is 10.3. The van der Waals surface area contributed by atoms with Gasteiger partial charge in [0.2, 0.25) is 0 Å². The van der Waals surface area contributed by atoms with Gasteiger partial charge in [-0.15, -0.1) is 0 Å². The van der Waals surface area contributed by atoms with Gasteiger partial charge in [-0.25, -0.2) is 0 Å². The van der Waals surface area contributed by atoms with E-state index >= 15 is 0 Å². The second-order valence-electron chi connectivity index (χ2n) is 7.75. The molecule has 18 heavy (non-hydrogen) atoms. The van der Waals surface area contributed by atoms with E-state index in [-0.39, 0.29) is 0 Å². The molecule has 7 aliphatic carbocycles. The van der Waals surface area contributed by atoms with Crippen LogP contribution in [0.25, 0.3) is 0 Å². The Balaban J connectivity index is 1.63. The molecule has 0 aromatic heterocycles. The van der Waals surface area contributed by atoms with Crippen molar-refractivity contribution in [1.82, 2.24) is 0 Å². The molecule has 2 bridgehead atoms. The van der Waals surface area contributed by atoms with Gasteiger partial charge in [0, 0.05) is 0 Å². The first kappa shape index (κ1) is 8.19. The van der Waals surface area contributed by atoms with Crippen LogP contribution in [-0.4, -0.2) is 0 Å². The second kappa shape index (κ2) is 1.94. The van der Waals surface area contributed by atoms with E-state index in [1.54, 1.807) is 11.1 Å². The Labute approximate surface area is 107 Å². The normalized spacial score (nSPS) is 65.6. The predicted molar refractivity (Wildman–Crippen MR) is 69.1 cm³/mol. The Morgan fingerprint density at radius 2 is 1.28 bits per heavy atom. The summed E-state index contributed by atoms with van der Waals surface area (Å²) >= 11 is 0. The standard InChI is InChI=1S/C18H16/c1-2-6-10-9(5-1)13-11-12-14(10)18-8-4-3-7-17(13,18)15(11)16(12)18/h1-6,11-16H,7-8H2/t11-,12-,13-,14+,15+,16-,17+,18-/m1/s1. The first-order chi connectivity index (χ1) is 8.93. The zero-order valence-corrected chi connectivity index (χ0v) is 10.3. The highest BCUT2D eigenvalue weighted by Crippen LogP contribution is 3.05. The minimum atomic E-state index is 0.755. The third-order valence-electron chi connectivity index (χ3n) is 8.34. The Morgan fingerprint density at radius 1 is 0.778 bits per heavy atom.